The van der Waals surface area contributed by atoms with Crippen molar-refractivity contribution in [1.82, 2.24) is 0 Å². The lowest BCUT2D eigenvalue weighted by atomic mass is 10.2. The molecule has 1 aliphatic heterocycles. The van der Waals surface area contributed by atoms with E-state index in [2.05, 4.69) is 23.1 Å². The molecule has 1 aliphatic rings. The second kappa shape index (κ2) is 6.51. The summed E-state index contributed by atoms with van der Waals surface area (Å²) >= 11 is 0. The molecule has 2 heterocycles. The third-order valence-corrected chi connectivity index (χ3v) is 3.07. The number of para-hydroxylation sites is 2. The molecule has 0 saturated carbocycles. The number of nitrogens with zero attached hydrogens (tertiary/aromatic N) is 2. The van der Waals surface area contributed by atoms with Crippen molar-refractivity contribution >= 4 is 21.2 Å². The van der Waals surface area contributed by atoms with Crippen molar-refractivity contribution < 1.29 is 14.2 Å². The maximum Gasteiger partial charge on any atom is 0.200 e. The van der Waals surface area contributed by atoms with Gasteiger partial charge in [-0.1, -0.05) is 12.1 Å². The minimum absolute atomic E-state index is 0.852. The second-order valence-corrected chi connectivity index (χ2v) is 4.41. The zero-order valence-corrected chi connectivity index (χ0v) is 12.6. The molecule has 0 radical (unpaired) electrons. The Balaban J connectivity index is 0.000000704. The van der Waals surface area contributed by atoms with Gasteiger partial charge >= 0.3 is 0 Å². The summed E-state index contributed by atoms with van der Waals surface area (Å²) in [6.07, 6.45) is 6.09. The van der Waals surface area contributed by atoms with Gasteiger partial charge in [-0.25, -0.2) is 14.0 Å². The van der Waals surface area contributed by atoms with Gasteiger partial charge in [0.2, 0.25) is 5.88 Å². The molecule has 3 rings (SSSR count). The molecular weight excluding hydrogens is 271 g/mol. The van der Waals surface area contributed by atoms with Crippen LogP contribution in [0.15, 0.2) is 54.7 Å². The lowest BCUT2D eigenvalue weighted by molar-refractivity contribution is -0.671. The lowest BCUT2D eigenvalue weighted by Crippen LogP contribution is -2.25. The number of fused-ring (bicyclic) bond motifs is 1. The summed E-state index contributed by atoms with van der Waals surface area (Å²) in [5.41, 5.74) is 2.23. The van der Waals surface area contributed by atoms with E-state index in [1.807, 2.05) is 55.3 Å². The zero-order chi connectivity index (χ0) is 14.5. The van der Waals surface area contributed by atoms with Crippen molar-refractivity contribution in [2.75, 3.05) is 11.9 Å². The van der Waals surface area contributed by atoms with Gasteiger partial charge in [0, 0.05) is 25.3 Å². The van der Waals surface area contributed by atoms with Crippen LogP contribution in [0.25, 0.3) is 6.08 Å². The largest absolute Gasteiger partial charge is 0.834 e. The van der Waals surface area contributed by atoms with Crippen LogP contribution in [0.1, 0.15) is 5.56 Å². The summed E-state index contributed by atoms with van der Waals surface area (Å²) in [5.74, 6) is 1.76. The highest BCUT2D eigenvalue weighted by Gasteiger charge is 2.21. The molecule has 2 aromatic rings. The number of anilines is 1. The molecule has 0 saturated heterocycles. The summed E-state index contributed by atoms with van der Waals surface area (Å²) in [4.78, 5) is 10.2. The van der Waals surface area contributed by atoms with Crippen LogP contribution < -0.4 is 19.1 Å². The minimum atomic E-state index is 0.852. The molecule has 1 aromatic carbocycles. The van der Waals surface area contributed by atoms with Crippen LogP contribution >= 0.6 is 9.47 Å². The quantitative estimate of drug-likeness (QED) is 0.589. The predicted molar refractivity (Wildman–Crippen MR) is 80.8 cm³/mol. The summed E-state index contributed by atoms with van der Waals surface area (Å²) < 4.78 is 7.84. The van der Waals surface area contributed by atoms with E-state index in [4.69, 9.17) is 9.63 Å². The lowest BCUT2D eigenvalue weighted by Gasteiger charge is -2.10. The number of pyridine rings is 1. The smallest absolute Gasteiger partial charge is 0.200 e. The molecule has 0 bridgehead atoms. The molecule has 1 aromatic heterocycles. The predicted octanol–water partition coefficient (Wildman–Crippen LogP) is 1.48. The molecule has 20 heavy (non-hydrogen) atoms. The van der Waals surface area contributed by atoms with E-state index < -0.39 is 0 Å². The van der Waals surface area contributed by atoms with E-state index in [0.717, 1.165) is 22.9 Å². The Morgan fingerprint density at radius 3 is 2.45 bits per heavy atom. The van der Waals surface area contributed by atoms with Crippen molar-refractivity contribution in [3.05, 3.63) is 60.2 Å². The Hall–Kier alpha value is -1.90. The molecule has 0 aliphatic carbocycles. The van der Waals surface area contributed by atoms with E-state index in [-0.39, 0.29) is 0 Å². The minimum Gasteiger partial charge on any atom is -0.834 e. The van der Waals surface area contributed by atoms with Crippen molar-refractivity contribution in [3.63, 3.8) is 0 Å². The maximum absolute atomic E-state index is 8.17. The molecule has 1 atom stereocenters. The van der Waals surface area contributed by atoms with Gasteiger partial charge in [0.05, 0.1) is 5.69 Å². The Labute approximate surface area is 121 Å². The summed E-state index contributed by atoms with van der Waals surface area (Å²) in [5, 5.41) is 0. The maximum atomic E-state index is 8.17. The highest BCUT2D eigenvalue weighted by atomic mass is 31.0. The van der Waals surface area contributed by atoms with Crippen LogP contribution in [-0.2, 0) is 7.05 Å². The van der Waals surface area contributed by atoms with E-state index in [0.29, 0.717) is 0 Å². The van der Waals surface area contributed by atoms with Gasteiger partial charge in [-0.05, 0) is 17.7 Å². The topological polar surface area (TPSA) is 39.4 Å². The first-order valence-electron chi connectivity index (χ1n) is 6.15. The fraction of sp³-hybridized carbons (Fsp3) is 0.133. The Kier molecular flexibility index (Phi) is 4.72. The second-order valence-electron chi connectivity index (χ2n) is 4.41. The molecule has 4 nitrogen and oxygen atoms in total. The van der Waals surface area contributed by atoms with Gasteiger partial charge in [0.15, 0.2) is 18.1 Å². The molecule has 0 N–H and O–H groups in total. The molecule has 104 valence electrons. The van der Waals surface area contributed by atoms with E-state index >= 15 is 0 Å². The van der Waals surface area contributed by atoms with Crippen LogP contribution in [0.4, 0.5) is 5.69 Å². The number of hydrogen-bond donors (Lipinski definition) is 0. The van der Waals surface area contributed by atoms with Crippen LogP contribution in [0.5, 0.6) is 5.75 Å². The summed E-state index contributed by atoms with van der Waals surface area (Å²) in [6.45, 7) is 0. The molecule has 5 heteroatoms. The highest BCUT2D eigenvalue weighted by molar-refractivity contribution is 7.06. The zero-order valence-electron chi connectivity index (χ0n) is 11.5. The third-order valence-electron chi connectivity index (χ3n) is 3.07. The SMILES string of the molecule is CN1C(=Cc2cc[n+](C)cc2)Oc2ccccc21.[O-]P. The first kappa shape index (κ1) is 14.5. The molecule has 0 amide bonds. The first-order valence-corrected chi connectivity index (χ1v) is 6.62. The summed E-state index contributed by atoms with van der Waals surface area (Å²) in [6, 6.07) is 12.2. The fourth-order valence-electron chi connectivity index (χ4n) is 2.00. The van der Waals surface area contributed by atoms with Gasteiger partial charge in [-0.2, -0.15) is 0 Å². The standard InChI is InChI=1S/C15H15N2O.H2OP/c1-16-9-7-12(8-10-16)11-15-17(2)13-5-3-4-6-14(13)18-15;1-2/h3-11H,1-2H3;2H2/q+1;-1. The van der Waals surface area contributed by atoms with E-state index in [1.165, 1.54) is 9.47 Å². The monoisotopic (exact) mass is 288 g/mol. The summed E-state index contributed by atoms with van der Waals surface area (Å²) in [7, 11) is 5.19. The first-order chi connectivity index (χ1) is 9.74. The number of ether oxygens (including phenoxy) is 1. The van der Waals surface area contributed by atoms with Gasteiger partial charge < -0.3 is 14.5 Å². The van der Waals surface area contributed by atoms with Crippen LogP contribution in [-0.4, -0.2) is 7.05 Å². The highest BCUT2D eigenvalue weighted by Crippen LogP contribution is 2.37. The van der Waals surface area contributed by atoms with Gasteiger partial charge in [-0.15, -0.1) is 0 Å². The molecule has 0 spiro atoms. The van der Waals surface area contributed by atoms with Crippen molar-refractivity contribution in [2.24, 2.45) is 7.05 Å². The number of hydrogen-bond acceptors (Lipinski definition) is 3. The van der Waals surface area contributed by atoms with Crippen molar-refractivity contribution in [3.8, 4) is 5.75 Å². The van der Waals surface area contributed by atoms with E-state index in [9.17, 15) is 0 Å². The Morgan fingerprint density at radius 1 is 1.15 bits per heavy atom. The normalized spacial score (nSPS) is 14.4. The van der Waals surface area contributed by atoms with Crippen LogP contribution in [0.3, 0.4) is 0 Å². The van der Waals surface area contributed by atoms with Gasteiger partial charge in [0.25, 0.3) is 0 Å². The number of aryl methyl sites for hydroxylation is 1. The van der Waals surface area contributed by atoms with Gasteiger partial charge in [0.1, 0.15) is 7.05 Å². The Bertz CT molecular complexity index is 612. The number of aromatic nitrogens is 1. The van der Waals surface area contributed by atoms with Crippen molar-refractivity contribution in [2.45, 2.75) is 0 Å². The van der Waals surface area contributed by atoms with Gasteiger partial charge in [-0.3, -0.25) is 0 Å². The molecular formula is C15H17N2O2P. The fourth-order valence-corrected chi connectivity index (χ4v) is 2.00. The Morgan fingerprint density at radius 2 is 1.80 bits per heavy atom. The van der Waals surface area contributed by atoms with Crippen LogP contribution in [0.2, 0.25) is 0 Å². The van der Waals surface area contributed by atoms with Crippen LogP contribution in [0, 0.1) is 0 Å². The number of rotatable bonds is 1. The number of benzene rings is 1. The van der Waals surface area contributed by atoms with Crippen molar-refractivity contribution in [1.29, 1.82) is 0 Å². The molecule has 0 fully saturated rings. The third kappa shape index (κ3) is 2.98. The van der Waals surface area contributed by atoms with E-state index in [1.54, 1.807) is 0 Å². The molecule has 1 unspecified atom stereocenters. The average Bonchev–Trinajstić information content (AvgIpc) is 2.81. The average molecular weight is 288 g/mol.